The van der Waals surface area contributed by atoms with E-state index in [2.05, 4.69) is 10.4 Å². The zero-order chi connectivity index (χ0) is 21.3. The molecule has 8 nitrogen and oxygen atoms in total. The molecule has 2 atom stereocenters. The van der Waals surface area contributed by atoms with E-state index in [0.717, 1.165) is 44.9 Å². The number of nitrogens with one attached hydrogen (secondary N) is 1. The van der Waals surface area contributed by atoms with Crippen LogP contribution in [-0.2, 0) is 13.6 Å². The van der Waals surface area contributed by atoms with E-state index in [1.54, 1.807) is 22.5 Å². The molecule has 1 amide bonds. The predicted molar refractivity (Wildman–Crippen MR) is 111 cm³/mol. The first-order chi connectivity index (χ1) is 14.2. The van der Waals surface area contributed by atoms with Gasteiger partial charge < -0.3 is 20.1 Å². The number of aromatic nitrogens is 3. The highest BCUT2D eigenvalue weighted by Crippen LogP contribution is 2.57. The number of carbonyl (C=O) groups is 1. The highest BCUT2D eigenvalue weighted by atomic mass is 16.3. The third kappa shape index (κ3) is 2.95. The van der Waals surface area contributed by atoms with E-state index in [-0.39, 0.29) is 16.8 Å². The molecule has 2 aromatic rings. The van der Waals surface area contributed by atoms with Gasteiger partial charge in [-0.25, -0.2) is 0 Å². The van der Waals surface area contributed by atoms with Gasteiger partial charge in [-0.05, 0) is 56.8 Å². The van der Waals surface area contributed by atoms with Crippen LogP contribution in [0.1, 0.15) is 68.6 Å². The molecule has 0 radical (unpaired) electrons. The lowest BCUT2D eigenvalue weighted by Gasteiger charge is -2.60. The maximum absolute atomic E-state index is 13.4. The summed E-state index contributed by atoms with van der Waals surface area (Å²) < 4.78 is 3.09. The van der Waals surface area contributed by atoms with Crippen molar-refractivity contribution >= 4 is 16.9 Å². The number of hydrogen-bond donors (Lipinski definition) is 3. The summed E-state index contributed by atoms with van der Waals surface area (Å²) in [6, 6.07) is 0. The third-order valence-electron chi connectivity index (χ3n) is 7.39. The van der Waals surface area contributed by atoms with Gasteiger partial charge in [0, 0.05) is 25.3 Å². The molecule has 0 aromatic carbocycles. The summed E-state index contributed by atoms with van der Waals surface area (Å²) in [4.78, 5) is 26.6. The van der Waals surface area contributed by atoms with Crippen LogP contribution >= 0.6 is 0 Å². The Labute approximate surface area is 174 Å². The SMILES string of the molecule is CCCCn1c(=O)c(C(=O)NC23CC4CC(CC(O)(C4)C2)C3)c(O)c2nn(C)cc21. The Kier molecular flexibility index (Phi) is 4.29. The molecule has 162 valence electrons. The minimum absolute atomic E-state index is 0.236. The number of aryl methyl sites for hydroxylation is 2. The molecular weight excluding hydrogens is 384 g/mol. The van der Waals surface area contributed by atoms with Crippen LogP contribution in [0.25, 0.3) is 11.0 Å². The van der Waals surface area contributed by atoms with Crippen molar-refractivity contribution in [2.24, 2.45) is 18.9 Å². The van der Waals surface area contributed by atoms with Gasteiger partial charge >= 0.3 is 0 Å². The summed E-state index contributed by atoms with van der Waals surface area (Å²) in [6.45, 7) is 2.50. The number of carbonyl (C=O) groups excluding carboxylic acids is 1. The van der Waals surface area contributed by atoms with Crippen LogP contribution in [-0.4, -0.2) is 41.6 Å². The number of aromatic hydroxyl groups is 1. The average molecular weight is 415 g/mol. The van der Waals surface area contributed by atoms with Crippen LogP contribution in [0.5, 0.6) is 5.75 Å². The van der Waals surface area contributed by atoms with Crippen molar-refractivity contribution in [2.75, 3.05) is 0 Å². The molecule has 0 spiro atoms. The molecule has 4 aliphatic carbocycles. The van der Waals surface area contributed by atoms with Gasteiger partial charge in [0.05, 0.1) is 11.1 Å². The van der Waals surface area contributed by atoms with Gasteiger partial charge in [-0.3, -0.25) is 14.3 Å². The molecule has 2 aromatic heterocycles. The lowest BCUT2D eigenvalue weighted by Crippen LogP contribution is -2.65. The van der Waals surface area contributed by atoms with Gasteiger partial charge in [0.2, 0.25) is 0 Å². The number of aliphatic hydroxyl groups is 1. The Balaban J connectivity index is 1.55. The molecule has 2 unspecified atom stereocenters. The van der Waals surface area contributed by atoms with Crippen molar-refractivity contribution in [2.45, 2.75) is 76.0 Å². The molecule has 0 aliphatic heterocycles. The van der Waals surface area contributed by atoms with E-state index >= 15 is 0 Å². The van der Waals surface area contributed by atoms with E-state index in [4.69, 9.17) is 0 Å². The fraction of sp³-hybridized carbons (Fsp3) is 0.682. The lowest BCUT2D eigenvalue weighted by atomic mass is 9.51. The maximum Gasteiger partial charge on any atom is 0.267 e. The third-order valence-corrected chi connectivity index (χ3v) is 7.39. The summed E-state index contributed by atoms with van der Waals surface area (Å²) >= 11 is 0. The summed E-state index contributed by atoms with van der Waals surface area (Å²) in [6.07, 6.45) is 8.28. The number of pyridine rings is 1. The van der Waals surface area contributed by atoms with Gasteiger partial charge in [0.25, 0.3) is 11.5 Å². The van der Waals surface area contributed by atoms with Crippen LogP contribution in [0, 0.1) is 11.8 Å². The first-order valence-electron chi connectivity index (χ1n) is 11.1. The number of amides is 1. The molecule has 4 saturated carbocycles. The number of fused-ring (bicyclic) bond motifs is 1. The summed E-state index contributed by atoms with van der Waals surface area (Å²) in [5, 5.41) is 29.2. The summed E-state index contributed by atoms with van der Waals surface area (Å²) in [7, 11) is 1.73. The smallest absolute Gasteiger partial charge is 0.267 e. The molecule has 0 saturated heterocycles. The standard InChI is InChI=1S/C22H30N4O4/c1-3-4-5-26-15-11-25(2)24-17(15)18(27)16(20(26)29)19(28)23-21-7-13-6-14(8-21)10-22(30,9-13)12-21/h11,13-14,27,30H,3-10,12H2,1-2H3,(H,23,28). The Morgan fingerprint density at radius 3 is 2.63 bits per heavy atom. The normalized spacial score (nSPS) is 32.1. The quantitative estimate of drug-likeness (QED) is 0.694. The molecule has 2 heterocycles. The number of rotatable bonds is 5. The van der Waals surface area contributed by atoms with Gasteiger partial charge in [-0.2, -0.15) is 5.10 Å². The number of hydrogen-bond acceptors (Lipinski definition) is 5. The van der Waals surface area contributed by atoms with Crippen molar-refractivity contribution in [1.29, 1.82) is 0 Å². The van der Waals surface area contributed by atoms with Gasteiger partial charge in [0.15, 0.2) is 11.3 Å². The summed E-state index contributed by atoms with van der Waals surface area (Å²) in [5.41, 5.74) is -1.13. The van der Waals surface area contributed by atoms with Crippen molar-refractivity contribution in [3.05, 3.63) is 22.1 Å². The first kappa shape index (κ1) is 19.6. The van der Waals surface area contributed by atoms with E-state index in [1.165, 1.54) is 0 Å². The Morgan fingerprint density at radius 2 is 2.00 bits per heavy atom. The van der Waals surface area contributed by atoms with Gasteiger partial charge in [0.1, 0.15) is 5.56 Å². The Bertz CT molecular complexity index is 1070. The summed E-state index contributed by atoms with van der Waals surface area (Å²) in [5.74, 6) is -0.0978. The number of unbranched alkanes of at least 4 members (excludes halogenated alkanes) is 1. The molecular formula is C22H30N4O4. The highest BCUT2D eigenvalue weighted by Gasteiger charge is 2.57. The zero-order valence-corrected chi connectivity index (χ0v) is 17.6. The fourth-order valence-electron chi connectivity index (χ4n) is 6.71. The molecule has 4 aliphatic rings. The molecule has 4 fully saturated rings. The number of nitrogens with zero attached hydrogens (tertiary/aromatic N) is 3. The second kappa shape index (κ2) is 6.57. The molecule has 6 rings (SSSR count). The average Bonchev–Trinajstić information content (AvgIpc) is 3.01. The van der Waals surface area contributed by atoms with Crippen LogP contribution < -0.4 is 10.9 Å². The van der Waals surface area contributed by atoms with Crippen LogP contribution in [0.4, 0.5) is 0 Å². The minimum atomic E-state index is -0.717. The van der Waals surface area contributed by atoms with Crippen molar-refractivity contribution in [3.63, 3.8) is 0 Å². The molecule has 30 heavy (non-hydrogen) atoms. The van der Waals surface area contributed by atoms with Gasteiger partial charge in [-0.15, -0.1) is 0 Å². The first-order valence-corrected chi connectivity index (χ1v) is 11.1. The second-order valence-corrected chi connectivity index (χ2v) is 9.99. The fourth-order valence-corrected chi connectivity index (χ4v) is 6.71. The van der Waals surface area contributed by atoms with E-state index in [9.17, 15) is 19.8 Å². The Morgan fingerprint density at radius 1 is 1.30 bits per heavy atom. The topological polar surface area (TPSA) is 109 Å². The predicted octanol–water partition coefficient (Wildman–Crippen LogP) is 2.05. The lowest BCUT2D eigenvalue weighted by molar-refractivity contribution is -0.139. The molecule has 4 bridgehead atoms. The second-order valence-electron chi connectivity index (χ2n) is 9.99. The monoisotopic (exact) mass is 414 g/mol. The van der Waals surface area contributed by atoms with Crippen LogP contribution in [0.3, 0.4) is 0 Å². The molecule has 8 heteroatoms. The van der Waals surface area contributed by atoms with Crippen LogP contribution in [0.15, 0.2) is 11.0 Å². The maximum atomic E-state index is 13.4. The van der Waals surface area contributed by atoms with Crippen molar-refractivity contribution in [3.8, 4) is 5.75 Å². The minimum Gasteiger partial charge on any atom is -0.505 e. The van der Waals surface area contributed by atoms with Crippen molar-refractivity contribution < 1.29 is 15.0 Å². The van der Waals surface area contributed by atoms with E-state index in [0.29, 0.717) is 30.3 Å². The highest BCUT2D eigenvalue weighted by molar-refractivity contribution is 6.01. The van der Waals surface area contributed by atoms with E-state index < -0.39 is 22.6 Å². The van der Waals surface area contributed by atoms with Crippen LogP contribution in [0.2, 0.25) is 0 Å². The van der Waals surface area contributed by atoms with Gasteiger partial charge in [-0.1, -0.05) is 13.3 Å². The van der Waals surface area contributed by atoms with Crippen molar-refractivity contribution in [1.82, 2.24) is 19.7 Å². The van der Waals surface area contributed by atoms with E-state index in [1.807, 2.05) is 6.92 Å². The molecule has 3 N–H and O–H groups in total. The zero-order valence-electron chi connectivity index (χ0n) is 17.6. The Hall–Kier alpha value is -2.35. The largest absolute Gasteiger partial charge is 0.505 e.